The molecule has 0 bridgehead atoms. The second-order valence-corrected chi connectivity index (χ2v) is 6.38. The van der Waals surface area contributed by atoms with Gasteiger partial charge in [-0.25, -0.2) is 4.79 Å². The van der Waals surface area contributed by atoms with Crippen LogP contribution in [0.1, 0.15) is 22.8 Å². The van der Waals surface area contributed by atoms with Crippen molar-refractivity contribution in [2.24, 2.45) is 0 Å². The van der Waals surface area contributed by atoms with Crippen LogP contribution >= 0.6 is 0 Å². The molecule has 0 N–H and O–H groups in total. The number of ether oxygens (including phenoxy) is 1. The number of hydrogen-bond acceptors (Lipinski definition) is 3. The van der Waals surface area contributed by atoms with Crippen molar-refractivity contribution in [1.29, 1.82) is 0 Å². The molecule has 0 fully saturated rings. The van der Waals surface area contributed by atoms with E-state index in [9.17, 15) is 9.59 Å². The number of benzene rings is 3. The van der Waals surface area contributed by atoms with Crippen LogP contribution in [-0.4, -0.2) is 11.8 Å². The maximum Gasteiger partial charge on any atom is 0.338 e. The highest BCUT2D eigenvalue weighted by molar-refractivity contribution is 6.07. The van der Waals surface area contributed by atoms with Crippen molar-refractivity contribution in [2.45, 2.75) is 6.92 Å². The monoisotopic (exact) mass is 368 g/mol. The van der Waals surface area contributed by atoms with Gasteiger partial charge in [-0.1, -0.05) is 79.4 Å². The lowest BCUT2D eigenvalue weighted by molar-refractivity contribution is -0.130. The molecule has 3 heteroatoms. The van der Waals surface area contributed by atoms with Crippen LogP contribution in [0.4, 0.5) is 0 Å². The van der Waals surface area contributed by atoms with Crippen molar-refractivity contribution in [1.82, 2.24) is 0 Å². The summed E-state index contributed by atoms with van der Waals surface area (Å²) in [6, 6.07) is 24.5. The molecule has 0 saturated carbocycles. The molecule has 3 rings (SSSR count). The van der Waals surface area contributed by atoms with Gasteiger partial charge in [0.1, 0.15) is 5.75 Å². The van der Waals surface area contributed by atoms with E-state index < -0.39 is 5.97 Å². The normalized spacial score (nSPS) is 10.6. The zero-order valence-corrected chi connectivity index (χ0v) is 15.6. The molecule has 138 valence electrons. The van der Waals surface area contributed by atoms with Gasteiger partial charge in [-0.3, -0.25) is 4.79 Å². The van der Waals surface area contributed by atoms with E-state index in [0.29, 0.717) is 16.9 Å². The minimum atomic E-state index is -0.461. The fourth-order valence-corrected chi connectivity index (χ4v) is 2.57. The Balaban J connectivity index is 1.65. The van der Waals surface area contributed by atoms with E-state index in [2.05, 4.69) is 6.58 Å². The molecule has 3 aromatic carbocycles. The van der Waals surface area contributed by atoms with Gasteiger partial charge in [0.2, 0.25) is 0 Å². The van der Waals surface area contributed by atoms with E-state index in [1.165, 1.54) is 6.08 Å². The third kappa shape index (κ3) is 4.92. The van der Waals surface area contributed by atoms with Gasteiger partial charge in [0.25, 0.3) is 0 Å². The molecule has 0 radical (unpaired) electrons. The second-order valence-electron chi connectivity index (χ2n) is 6.38. The summed E-state index contributed by atoms with van der Waals surface area (Å²) in [6.07, 6.45) is 3.27. The largest absolute Gasteiger partial charge is 0.423 e. The highest BCUT2D eigenvalue weighted by Crippen LogP contribution is 2.20. The van der Waals surface area contributed by atoms with Crippen LogP contribution < -0.4 is 4.74 Å². The van der Waals surface area contributed by atoms with E-state index in [1.807, 2.05) is 54.6 Å². The molecule has 0 spiro atoms. The maximum absolute atomic E-state index is 12.4. The Hall–Kier alpha value is -3.72. The average Bonchev–Trinajstić information content (AvgIpc) is 2.73. The Morgan fingerprint density at radius 2 is 1.43 bits per heavy atom. The maximum atomic E-state index is 12.4. The lowest BCUT2D eigenvalue weighted by Gasteiger charge is -2.04. The zero-order valence-electron chi connectivity index (χ0n) is 15.6. The summed E-state index contributed by atoms with van der Waals surface area (Å²) in [5.74, 6) is -0.0946. The van der Waals surface area contributed by atoms with E-state index in [0.717, 1.165) is 16.7 Å². The number of carbonyl (C=O) groups excluding carboxylic acids is 2. The van der Waals surface area contributed by atoms with Crippen molar-refractivity contribution in [2.75, 3.05) is 0 Å². The van der Waals surface area contributed by atoms with E-state index >= 15 is 0 Å². The summed E-state index contributed by atoms with van der Waals surface area (Å²) < 4.78 is 5.14. The topological polar surface area (TPSA) is 43.4 Å². The smallest absolute Gasteiger partial charge is 0.338 e. The van der Waals surface area contributed by atoms with Crippen LogP contribution in [0.25, 0.3) is 17.2 Å². The van der Waals surface area contributed by atoms with E-state index in [1.54, 1.807) is 37.3 Å². The molecule has 0 aliphatic heterocycles. The molecule has 0 unspecified atom stereocenters. The minimum absolute atomic E-state index is 0.0719. The number of esters is 1. The Labute approximate surface area is 164 Å². The molecular weight excluding hydrogens is 348 g/mol. The minimum Gasteiger partial charge on any atom is -0.423 e. The highest BCUT2D eigenvalue weighted by atomic mass is 16.5. The molecule has 0 aliphatic rings. The molecule has 0 aliphatic carbocycles. The number of rotatable bonds is 6. The quantitative estimate of drug-likeness (QED) is 0.241. The zero-order chi connectivity index (χ0) is 19.9. The molecule has 28 heavy (non-hydrogen) atoms. The van der Waals surface area contributed by atoms with Crippen molar-refractivity contribution in [3.8, 4) is 16.9 Å². The van der Waals surface area contributed by atoms with E-state index in [4.69, 9.17) is 4.74 Å². The van der Waals surface area contributed by atoms with Crippen LogP contribution in [0.5, 0.6) is 5.75 Å². The summed E-state index contributed by atoms with van der Waals surface area (Å²) in [5.41, 5.74) is 3.99. The Morgan fingerprint density at radius 1 is 0.821 bits per heavy atom. The van der Waals surface area contributed by atoms with Crippen molar-refractivity contribution in [3.63, 3.8) is 0 Å². The Bertz CT molecular complexity index is 1010. The first-order chi connectivity index (χ1) is 13.5. The number of allylic oxidation sites excluding steroid dienone is 1. The van der Waals surface area contributed by atoms with E-state index in [-0.39, 0.29) is 5.78 Å². The first-order valence-electron chi connectivity index (χ1n) is 8.88. The molecule has 3 aromatic rings. The van der Waals surface area contributed by atoms with Crippen LogP contribution in [0.3, 0.4) is 0 Å². The number of ketones is 1. The molecule has 0 heterocycles. The van der Waals surface area contributed by atoms with Crippen LogP contribution in [0.15, 0.2) is 97.1 Å². The Kier molecular flexibility index (Phi) is 5.97. The predicted octanol–water partition coefficient (Wildman–Crippen LogP) is 5.73. The lowest BCUT2D eigenvalue weighted by atomic mass is 10.0. The van der Waals surface area contributed by atoms with Crippen LogP contribution in [-0.2, 0) is 4.79 Å². The SMILES string of the molecule is C=C(C)C(=O)Oc1ccc(/C=C/C(=O)c2ccc(-c3ccccc3)cc2)cc1. The fraction of sp³-hybridized carbons (Fsp3) is 0.0400. The average molecular weight is 368 g/mol. The molecule has 0 amide bonds. The molecule has 0 saturated heterocycles. The summed E-state index contributed by atoms with van der Waals surface area (Å²) >= 11 is 0. The van der Waals surface area contributed by atoms with Gasteiger partial charge in [0.15, 0.2) is 5.78 Å². The summed E-state index contributed by atoms with van der Waals surface area (Å²) in [4.78, 5) is 23.9. The van der Waals surface area contributed by atoms with Gasteiger partial charge in [-0.15, -0.1) is 0 Å². The number of carbonyl (C=O) groups is 2. The fourth-order valence-electron chi connectivity index (χ4n) is 2.57. The van der Waals surface area contributed by atoms with Crippen molar-refractivity contribution < 1.29 is 14.3 Å². The highest BCUT2D eigenvalue weighted by Gasteiger charge is 2.05. The predicted molar refractivity (Wildman–Crippen MR) is 112 cm³/mol. The molecule has 0 aromatic heterocycles. The Morgan fingerprint density at radius 3 is 2.04 bits per heavy atom. The molecule has 3 nitrogen and oxygen atoms in total. The van der Waals surface area contributed by atoms with Crippen molar-refractivity contribution in [3.05, 3.63) is 108 Å². The second kappa shape index (κ2) is 8.78. The standard InChI is InChI=1S/C25H20O3/c1-18(2)25(27)28-23-15-8-19(9-16-23)10-17-24(26)22-13-11-21(12-14-22)20-6-4-3-5-7-20/h3-17H,1H2,2H3/b17-10+. The number of hydrogen-bond donors (Lipinski definition) is 0. The van der Waals surface area contributed by atoms with Crippen LogP contribution in [0.2, 0.25) is 0 Å². The third-order valence-electron chi connectivity index (χ3n) is 4.14. The first kappa shape index (κ1) is 19.1. The first-order valence-corrected chi connectivity index (χ1v) is 8.88. The molecular formula is C25H20O3. The third-order valence-corrected chi connectivity index (χ3v) is 4.14. The van der Waals surface area contributed by atoms with Crippen LogP contribution in [0, 0.1) is 0 Å². The summed E-state index contributed by atoms with van der Waals surface area (Å²) in [7, 11) is 0. The summed E-state index contributed by atoms with van der Waals surface area (Å²) in [6.45, 7) is 5.14. The van der Waals surface area contributed by atoms with Gasteiger partial charge in [0.05, 0.1) is 0 Å². The van der Waals surface area contributed by atoms with Gasteiger partial charge < -0.3 is 4.74 Å². The molecule has 0 atom stereocenters. The summed E-state index contributed by atoms with van der Waals surface area (Å²) in [5, 5.41) is 0. The van der Waals surface area contributed by atoms with Gasteiger partial charge >= 0.3 is 5.97 Å². The van der Waals surface area contributed by atoms with Crippen molar-refractivity contribution >= 4 is 17.8 Å². The lowest BCUT2D eigenvalue weighted by Crippen LogP contribution is -2.07. The van der Waals surface area contributed by atoms with Gasteiger partial charge in [-0.05, 0) is 41.8 Å². The van der Waals surface area contributed by atoms with Gasteiger partial charge in [0, 0.05) is 11.1 Å². The van der Waals surface area contributed by atoms with Gasteiger partial charge in [-0.2, -0.15) is 0 Å².